The molecule has 3 heterocycles. The van der Waals surface area contributed by atoms with Gasteiger partial charge in [-0.2, -0.15) is 0 Å². The van der Waals surface area contributed by atoms with E-state index in [0.717, 1.165) is 51.5 Å². The molecule has 1 aliphatic heterocycles. The highest BCUT2D eigenvalue weighted by molar-refractivity contribution is 5.91. The van der Waals surface area contributed by atoms with Crippen molar-refractivity contribution >= 4 is 5.91 Å². The van der Waals surface area contributed by atoms with Gasteiger partial charge in [0, 0.05) is 51.7 Å². The SMILES string of the molecule is Cc1ccccc1CN(CCN1CCOCC1)Cc1nc(C(=O)NCc2cccnc2)co1. The predicted octanol–water partition coefficient (Wildman–Crippen LogP) is 2.64. The molecule has 8 heteroatoms. The van der Waals surface area contributed by atoms with Gasteiger partial charge in [0.15, 0.2) is 5.69 Å². The van der Waals surface area contributed by atoms with Gasteiger partial charge < -0.3 is 14.5 Å². The Balaban J connectivity index is 1.37. The Morgan fingerprint density at radius 3 is 2.79 bits per heavy atom. The topological polar surface area (TPSA) is 83.7 Å². The molecule has 33 heavy (non-hydrogen) atoms. The second-order valence-corrected chi connectivity index (χ2v) is 8.26. The van der Waals surface area contributed by atoms with E-state index in [0.29, 0.717) is 19.0 Å². The van der Waals surface area contributed by atoms with Crippen LogP contribution in [-0.4, -0.2) is 65.1 Å². The number of carbonyl (C=O) groups is 1. The van der Waals surface area contributed by atoms with E-state index >= 15 is 0 Å². The van der Waals surface area contributed by atoms with Gasteiger partial charge in [-0.15, -0.1) is 0 Å². The van der Waals surface area contributed by atoms with Gasteiger partial charge in [0.05, 0.1) is 19.8 Å². The van der Waals surface area contributed by atoms with Crippen LogP contribution in [0.15, 0.2) is 59.5 Å². The van der Waals surface area contributed by atoms with Crippen LogP contribution in [0.2, 0.25) is 0 Å². The van der Waals surface area contributed by atoms with Gasteiger partial charge in [-0.05, 0) is 29.7 Å². The van der Waals surface area contributed by atoms with E-state index in [9.17, 15) is 4.79 Å². The Kier molecular flexibility index (Phi) is 8.19. The first-order chi connectivity index (χ1) is 16.2. The largest absolute Gasteiger partial charge is 0.447 e. The molecule has 0 aliphatic carbocycles. The van der Waals surface area contributed by atoms with Crippen LogP contribution in [0.1, 0.15) is 33.1 Å². The number of morpholine rings is 1. The van der Waals surface area contributed by atoms with Crippen molar-refractivity contribution in [3.63, 3.8) is 0 Å². The Labute approximate surface area is 194 Å². The third-order valence-electron chi connectivity index (χ3n) is 5.81. The van der Waals surface area contributed by atoms with Crippen LogP contribution < -0.4 is 5.32 Å². The number of ether oxygens (including phenoxy) is 1. The average molecular weight is 450 g/mol. The lowest BCUT2D eigenvalue weighted by atomic mass is 10.1. The van der Waals surface area contributed by atoms with Crippen LogP contribution in [0.25, 0.3) is 0 Å². The van der Waals surface area contributed by atoms with E-state index in [2.05, 4.69) is 56.3 Å². The minimum absolute atomic E-state index is 0.257. The Morgan fingerprint density at radius 2 is 2.00 bits per heavy atom. The molecule has 4 rings (SSSR count). The minimum Gasteiger partial charge on any atom is -0.447 e. The fourth-order valence-electron chi connectivity index (χ4n) is 3.80. The highest BCUT2D eigenvalue weighted by Crippen LogP contribution is 2.14. The van der Waals surface area contributed by atoms with E-state index in [-0.39, 0.29) is 11.6 Å². The highest BCUT2D eigenvalue weighted by Gasteiger charge is 2.18. The van der Waals surface area contributed by atoms with Crippen LogP contribution in [0.5, 0.6) is 0 Å². The van der Waals surface area contributed by atoms with Crippen molar-refractivity contribution in [1.82, 2.24) is 25.1 Å². The second-order valence-electron chi connectivity index (χ2n) is 8.26. The molecular formula is C25H31N5O3. The number of nitrogens with zero attached hydrogens (tertiary/aromatic N) is 4. The zero-order valence-corrected chi connectivity index (χ0v) is 19.1. The maximum atomic E-state index is 12.5. The fraction of sp³-hybridized carbons (Fsp3) is 0.400. The molecule has 0 bridgehead atoms. The number of hydrogen-bond donors (Lipinski definition) is 1. The van der Waals surface area contributed by atoms with Gasteiger partial charge in [-0.3, -0.25) is 19.6 Å². The first-order valence-corrected chi connectivity index (χ1v) is 11.4. The van der Waals surface area contributed by atoms with Crippen LogP contribution in [0.3, 0.4) is 0 Å². The number of hydrogen-bond acceptors (Lipinski definition) is 7. The zero-order chi connectivity index (χ0) is 22.9. The van der Waals surface area contributed by atoms with E-state index in [1.54, 1.807) is 12.4 Å². The second kappa shape index (κ2) is 11.7. The van der Waals surface area contributed by atoms with Crippen molar-refractivity contribution in [1.29, 1.82) is 0 Å². The normalized spacial score (nSPS) is 14.5. The highest BCUT2D eigenvalue weighted by atomic mass is 16.5. The standard InChI is InChI=1S/C25H31N5O3/c1-20-5-2-3-7-22(20)17-30(10-9-29-11-13-32-14-12-29)18-24-28-23(19-33-24)25(31)27-16-21-6-4-8-26-15-21/h2-8,15,19H,9-14,16-18H2,1H3,(H,27,31). The van der Waals surface area contributed by atoms with Crippen LogP contribution >= 0.6 is 0 Å². The fourth-order valence-corrected chi connectivity index (χ4v) is 3.80. The summed E-state index contributed by atoms with van der Waals surface area (Å²) in [4.78, 5) is 25.8. The molecule has 174 valence electrons. The molecule has 1 N–H and O–H groups in total. The van der Waals surface area contributed by atoms with Crippen LogP contribution in [0.4, 0.5) is 0 Å². The van der Waals surface area contributed by atoms with Crippen LogP contribution in [-0.2, 0) is 24.4 Å². The van der Waals surface area contributed by atoms with E-state index in [1.165, 1.54) is 17.4 Å². The van der Waals surface area contributed by atoms with Gasteiger partial charge in [-0.25, -0.2) is 4.98 Å². The van der Waals surface area contributed by atoms with Gasteiger partial charge in [0.1, 0.15) is 6.26 Å². The summed E-state index contributed by atoms with van der Waals surface area (Å²) in [6.45, 7) is 9.17. The number of amides is 1. The van der Waals surface area contributed by atoms with E-state index in [4.69, 9.17) is 9.15 Å². The Morgan fingerprint density at radius 1 is 1.15 bits per heavy atom. The number of carbonyl (C=O) groups excluding carboxylic acids is 1. The van der Waals surface area contributed by atoms with Gasteiger partial charge in [0.2, 0.25) is 5.89 Å². The summed E-state index contributed by atoms with van der Waals surface area (Å²) in [6.07, 6.45) is 4.87. The van der Waals surface area contributed by atoms with Gasteiger partial charge in [0.25, 0.3) is 5.91 Å². The zero-order valence-electron chi connectivity index (χ0n) is 19.1. The van der Waals surface area contributed by atoms with Gasteiger partial charge >= 0.3 is 0 Å². The lowest BCUT2D eigenvalue weighted by Gasteiger charge is -2.29. The number of oxazole rings is 1. The number of pyridine rings is 1. The third kappa shape index (κ3) is 6.95. The lowest BCUT2D eigenvalue weighted by Crippen LogP contribution is -2.41. The van der Waals surface area contributed by atoms with Crippen molar-refractivity contribution in [3.05, 3.63) is 83.3 Å². The summed E-state index contributed by atoms with van der Waals surface area (Å²) >= 11 is 0. The number of rotatable bonds is 10. The Hall–Kier alpha value is -3.07. The predicted molar refractivity (Wildman–Crippen MR) is 124 cm³/mol. The summed E-state index contributed by atoms with van der Waals surface area (Å²) in [5.41, 5.74) is 3.76. The molecule has 0 atom stereocenters. The van der Waals surface area contributed by atoms with Crippen molar-refractivity contribution in [3.8, 4) is 0 Å². The lowest BCUT2D eigenvalue weighted by molar-refractivity contribution is 0.0320. The molecule has 1 amide bonds. The summed E-state index contributed by atoms with van der Waals surface area (Å²) in [6, 6.07) is 12.2. The number of aromatic nitrogens is 2. The summed E-state index contributed by atoms with van der Waals surface area (Å²) < 4.78 is 11.1. The first kappa shape index (κ1) is 23.1. The average Bonchev–Trinajstić information content (AvgIpc) is 3.32. The molecule has 1 saturated heterocycles. The molecule has 1 aromatic carbocycles. The molecule has 0 unspecified atom stereocenters. The molecule has 0 spiro atoms. The number of benzene rings is 1. The van der Waals surface area contributed by atoms with Crippen molar-refractivity contribution in [2.75, 3.05) is 39.4 Å². The summed E-state index contributed by atoms with van der Waals surface area (Å²) in [5, 5.41) is 2.86. The number of aryl methyl sites for hydroxylation is 1. The molecular weight excluding hydrogens is 418 g/mol. The van der Waals surface area contributed by atoms with Crippen LogP contribution in [0, 0.1) is 6.92 Å². The number of nitrogens with one attached hydrogen (secondary N) is 1. The molecule has 0 saturated carbocycles. The summed E-state index contributed by atoms with van der Waals surface area (Å²) in [7, 11) is 0. The first-order valence-electron chi connectivity index (χ1n) is 11.4. The molecule has 3 aromatic rings. The maximum absolute atomic E-state index is 12.5. The molecule has 1 fully saturated rings. The smallest absolute Gasteiger partial charge is 0.273 e. The van der Waals surface area contributed by atoms with E-state index < -0.39 is 0 Å². The van der Waals surface area contributed by atoms with Crippen molar-refractivity contribution in [2.45, 2.75) is 26.6 Å². The Bertz CT molecular complexity index is 1020. The molecule has 8 nitrogen and oxygen atoms in total. The molecule has 2 aromatic heterocycles. The minimum atomic E-state index is -0.257. The maximum Gasteiger partial charge on any atom is 0.273 e. The molecule has 0 radical (unpaired) electrons. The third-order valence-corrected chi connectivity index (χ3v) is 5.81. The van der Waals surface area contributed by atoms with Crippen molar-refractivity contribution in [2.24, 2.45) is 0 Å². The monoisotopic (exact) mass is 449 g/mol. The van der Waals surface area contributed by atoms with Crippen molar-refractivity contribution < 1.29 is 13.9 Å². The summed E-state index contributed by atoms with van der Waals surface area (Å²) in [5.74, 6) is 0.282. The molecule has 1 aliphatic rings. The van der Waals surface area contributed by atoms with E-state index in [1.807, 2.05) is 12.1 Å². The quantitative estimate of drug-likeness (QED) is 0.509. The van der Waals surface area contributed by atoms with Gasteiger partial charge in [-0.1, -0.05) is 30.3 Å².